The lowest BCUT2D eigenvalue weighted by Crippen LogP contribution is -2.07. The largest absolute Gasteiger partial charge is 0.489 e. The lowest BCUT2D eigenvalue weighted by molar-refractivity contribution is 0.146. The van der Waals surface area contributed by atoms with Gasteiger partial charge in [0.2, 0.25) is 0 Å². The molecule has 0 aliphatic rings. The smallest absolute Gasteiger partial charge is 0.142 e. The van der Waals surface area contributed by atoms with Crippen LogP contribution in [0.4, 0.5) is 5.69 Å². The van der Waals surface area contributed by atoms with Gasteiger partial charge in [-0.3, -0.25) is 0 Å². The first-order valence-electron chi connectivity index (χ1n) is 6.70. The minimum atomic E-state index is 0.536. The van der Waals surface area contributed by atoms with Gasteiger partial charge < -0.3 is 19.2 Å². The van der Waals surface area contributed by atoms with Crippen LogP contribution >= 0.6 is 0 Å². The van der Waals surface area contributed by atoms with E-state index in [2.05, 4.69) is 11.4 Å². The van der Waals surface area contributed by atoms with Crippen molar-refractivity contribution in [3.8, 4) is 5.75 Å². The fourth-order valence-electron chi connectivity index (χ4n) is 1.89. The van der Waals surface area contributed by atoms with E-state index in [-0.39, 0.29) is 0 Å². The molecule has 1 aromatic heterocycles. The fourth-order valence-corrected chi connectivity index (χ4v) is 1.89. The highest BCUT2D eigenvalue weighted by Gasteiger charge is 2.05. The van der Waals surface area contributed by atoms with Crippen molar-refractivity contribution in [2.75, 3.05) is 25.6 Å². The van der Waals surface area contributed by atoms with E-state index in [0.717, 1.165) is 28.5 Å². The van der Waals surface area contributed by atoms with Crippen molar-refractivity contribution in [1.82, 2.24) is 0 Å². The van der Waals surface area contributed by atoms with Crippen molar-refractivity contribution in [3.05, 3.63) is 47.4 Å². The summed E-state index contributed by atoms with van der Waals surface area (Å²) in [6.07, 6.45) is 0. The van der Waals surface area contributed by atoms with E-state index in [1.165, 1.54) is 0 Å². The molecule has 20 heavy (non-hydrogen) atoms. The van der Waals surface area contributed by atoms with Crippen LogP contribution in [0, 0.1) is 13.8 Å². The van der Waals surface area contributed by atoms with Crippen LogP contribution in [-0.4, -0.2) is 20.3 Å². The number of rotatable bonds is 7. The van der Waals surface area contributed by atoms with Crippen LogP contribution in [0.3, 0.4) is 0 Å². The highest BCUT2D eigenvalue weighted by atomic mass is 16.5. The van der Waals surface area contributed by atoms with Crippen molar-refractivity contribution in [3.63, 3.8) is 0 Å². The Morgan fingerprint density at radius 3 is 2.65 bits per heavy atom. The zero-order valence-corrected chi connectivity index (χ0v) is 12.2. The number of ether oxygens (including phenoxy) is 2. The summed E-state index contributed by atoms with van der Waals surface area (Å²) in [6, 6.07) is 10.0. The lowest BCUT2D eigenvalue weighted by Gasteiger charge is -2.13. The fraction of sp³-hybridized carbons (Fsp3) is 0.375. The number of benzene rings is 1. The van der Waals surface area contributed by atoms with E-state index in [9.17, 15) is 0 Å². The highest BCUT2D eigenvalue weighted by molar-refractivity contribution is 5.57. The second-order valence-electron chi connectivity index (χ2n) is 4.71. The molecule has 0 bridgehead atoms. The number of nitrogens with one attached hydrogen (secondary N) is 1. The zero-order valence-electron chi connectivity index (χ0n) is 12.2. The Bertz CT molecular complexity index is 548. The van der Waals surface area contributed by atoms with Gasteiger partial charge in [-0.1, -0.05) is 6.07 Å². The van der Waals surface area contributed by atoms with Crippen LogP contribution in [0.2, 0.25) is 0 Å². The third-order valence-corrected chi connectivity index (χ3v) is 2.93. The second kappa shape index (κ2) is 7.01. The summed E-state index contributed by atoms with van der Waals surface area (Å²) in [6.45, 7) is 5.73. The van der Waals surface area contributed by atoms with E-state index in [1.54, 1.807) is 7.11 Å². The van der Waals surface area contributed by atoms with Crippen molar-refractivity contribution < 1.29 is 13.9 Å². The maximum Gasteiger partial charge on any atom is 0.142 e. The van der Waals surface area contributed by atoms with Crippen molar-refractivity contribution >= 4 is 5.69 Å². The van der Waals surface area contributed by atoms with E-state index in [4.69, 9.17) is 13.9 Å². The minimum Gasteiger partial charge on any atom is -0.489 e. The van der Waals surface area contributed by atoms with Gasteiger partial charge in [0, 0.05) is 7.11 Å². The molecule has 0 radical (unpaired) electrons. The molecule has 0 unspecified atom stereocenters. The van der Waals surface area contributed by atoms with Crippen LogP contribution in [0.1, 0.15) is 17.1 Å². The van der Waals surface area contributed by atoms with Crippen LogP contribution in [0.15, 0.2) is 34.7 Å². The van der Waals surface area contributed by atoms with E-state index >= 15 is 0 Å². The molecule has 0 saturated heterocycles. The van der Waals surface area contributed by atoms with Gasteiger partial charge in [-0.15, -0.1) is 0 Å². The Balaban J connectivity index is 2.01. The monoisotopic (exact) mass is 275 g/mol. The average Bonchev–Trinajstić information content (AvgIpc) is 2.84. The van der Waals surface area contributed by atoms with Gasteiger partial charge >= 0.3 is 0 Å². The van der Waals surface area contributed by atoms with E-state index < -0.39 is 0 Å². The molecule has 0 atom stereocenters. The molecule has 108 valence electrons. The van der Waals surface area contributed by atoms with Crippen molar-refractivity contribution in [1.29, 1.82) is 0 Å². The first-order valence-corrected chi connectivity index (χ1v) is 6.70. The van der Waals surface area contributed by atoms with Gasteiger partial charge in [0.25, 0.3) is 0 Å². The Labute approximate surface area is 119 Å². The first-order chi connectivity index (χ1) is 9.69. The van der Waals surface area contributed by atoms with Crippen molar-refractivity contribution in [2.24, 2.45) is 0 Å². The van der Waals surface area contributed by atoms with E-state index in [0.29, 0.717) is 19.8 Å². The standard InChI is InChI=1S/C16H21NO3/c1-12-4-7-15(16(10-12)19-9-8-18-3)17-11-14-6-5-13(2)20-14/h4-7,10,17H,8-9,11H2,1-3H3. The normalized spacial score (nSPS) is 10.6. The summed E-state index contributed by atoms with van der Waals surface area (Å²) in [5.41, 5.74) is 2.12. The molecule has 0 spiro atoms. The molecule has 2 rings (SSSR count). The number of anilines is 1. The SMILES string of the molecule is COCCOc1cc(C)ccc1NCc1ccc(C)o1. The number of hydrogen-bond acceptors (Lipinski definition) is 4. The molecule has 0 aliphatic heterocycles. The Kier molecular flexibility index (Phi) is 5.07. The van der Waals surface area contributed by atoms with Gasteiger partial charge in [-0.25, -0.2) is 0 Å². The molecule has 1 aromatic carbocycles. The molecule has 0 amide bonds. The van der Waals surface area contributed by atoms with Gasteiger partial charge in [0.05, 0.1) is 18.8 Å². The van der Waals surface area contributed by atoms with Crippen LogP contribution < -0.4 is 10.1 Å². The Morgan fingerprint density at radius 1 is 1.10 bits per heavy atom. The van der Waals surface area contributed by atoms with Crippen LogP contribution in [-0.2, 0) is 11.3 Å². The molecule has 1 N–H and O–H groups in total. The number of hydrogen-bond donors (Lipinski definition) is 1. The lowest BCUT2D eigenvalue weighted by atomic mass is 10.2. The second-order valence-corrected chi connectivity index (χ2v) is 4.71. The third-order valence-electron chi connectivity index (χ3n) is 2.93. The number of methoxy groups -OCH3 is 1. The first kappa shape index (κ1) is 14.5. The Hall–Kier alpha value is -1.94. The third kappa shape index (κ3) is 4.03. The van der Waals surface area contributed by atoms with Crippen LogP contribution in [0.25, 0.3) is 0 Å². The summed E-state index contributed by atoms with van der Waals surface area (Å²) in [7, 11) is 1.66. The molecule has 4 heteroatoms. The summed E-state index contributed by atoms with van der Waals surface area (Å²) in [5, 5.41) is 3.34. The minimum absolute atomic E-state index is 0.536. The summed E-state index contributed by atoms with van der Waals surface area (Å²) < 4.78 is 16.3. The summed E-state index contributed by atoms with van der Waals surface area (Å²) in [5.74, 6) is 2.67. The van der Waals surface area contributed by atoms with E-state index in [1.807, 2.05) is 38.1 Å². The van der Waals surface area contributed by atoms with Crippen molar-refractivity contribution in [2.45, 2.75) is 20.4 Å². The van der Waals surface area contributed by atoms with Gasteiger partial charge in [-0.05, 0) is 43.7 Å². The number of furan rings is 1. The maximum absolute atomic E-state index is 5.73. The quantitative estimate of drug-likeness (QED) is 0.785. The zero-order chi connectivity index (χ0) is 14.4. The predicted octanol–water partition coefficient (Wildman–Crippen LogP) is 3.53. The molecular weight excluding hydrogens is 254 g/mol. The number of aryl methyl sites for hydroxylation is 2. The Morgan fingerprint density at radius 2 is 1.95 bits per heavy atom. The van der Waals surface area contributed by atoms with Crippen LogP contribution in [0.5, 0.6) is 5.75 Å². The molecular formula is C16H21NO3. The molecule has 1 heterocycles. The molecule has 4 nitrogen and oxygen atoms in total. The molecule has 2 aromatic rings. The summed E-state index contributed by atoms with van der Waals surface area (Å²) >= 11 is 0. The van der Waals surface area contributed by atoms with Gasteiger partial charge in [0.1, 0.15) is 23.9 Å². The van der Waals surface area contributed by atoms with Gasteiger partial charge in [-0.2, -0.15) is 0 Å². The highest BCUT2D eigenvalue weighted by Crippen LogP contribution is 2.26. The predicted molar refractivity (Wildman–Crippen MR) is 79.3 cm³/mol. The van der Waals surface area contributed by atoms with Gasteiger partial charge in [0.15, 0.2) is 0 Å². The summed E-state index contributed by atoms with van der Waals surface area (Å²) in [4.78, 5) is 0. The molecule has 0 aliphatic carbocycles. The molecule has 0 fully saturated rings. The topological polar surface area (TPSA) is 43.6 Å². The maximum atomic E-state index is 5.73. The average molecular weight is 275 g/mol. The molecule has 0 saturated carbocycles.